The molecular weight excluding hydrogens is 359 g/mol. The van der Waals surface area contributed by atoms with Crippen molar-refractivity contribution in [3.8, 4) is 16.9 Å². The maximum absolute atomic E-state index is 13.8. The minimum atomic E-state index is -0.525. The Labute approximate surface area is 156 Å². The number of carbonyl (C=O) groups is 1. The average Bonchev–Trinajstić information content (AvgIpc) is 2.98. The molecule has 0 aliphatic carbocycles. The minimum absolute atomic E-state index is 0.0412. The van der Waals surface area contributed by atoms with Gasteiger partial charge in [0.15, 0.2) is 6.23 Å². The van der Waals surface area contributed by atoms with E-state index < -0.39 is 11.9 Å². The van der Waals surface area contributed by atoms with Gasteiger partial charge < -0.3 is 9.84 Å². The molecule has 26 heavy (non-hydrogen) atoms. The SMILES string of the molecule is CN(C(=O)O[C@H]1CCCN1C)c1ccc(F)cc1-c1cc(O)cc(Cl)c1. The molecule has 0 unspecified atom stereocenters. The van der Waals surface area contributed by atoms with Crippen molar-refractivity contribution >= 4 is 23.4 Å². The zero-order valence-corrected chi connectivity index (χ0v) is 15.3. The fourth-order valence-electron chi connectivity index (χ4n) is 3.08. The Balaban J connectivity index is 1.93. The molecule has 2 aromatic carbocycles. The molecule has 2 aromatic rings. The molecule has 0 bridgehead atoms. The largest absolute Gasteiger partial charge is 0.508 e. The lowest BCUT2D eigenvalue weighted by Crippen LogP contribution is -2.36. The van der Waals surface area contributed by atoms with Crippen molar-refractivity contribution in [2.45, 2.75) is 19.1 Å². The fourth-order valence-corrected chi connectivity index (χ4v) is 3.31. The number of phenols is 1. The lowest BCUT2D eigenvalue weighted by molar-refractivity contribution is 0.0315. The molecule has 0 radical (unpaired) electrons. The Bertz CT molecular complexity index is 810. The molecule has 1 fully saturated rings. The molecule has 1 N–H and O–H groups in total. The normalized spacial score (nSPS) is 17.3. The van der Waals surface area contributed by atoms with Crippen LogP contribution in [-0.4, -0.2) is 43.0 Å². The van der Waals surface area contributed by atoms with Crippen LogP contribution in [0.25, 0.3) is 11.1 Å². The molecule has 1 saturated heterocycles. The van der Waals surface area contributed by atoms with E-state index in [9.17, 15) is 14.3 Å². The summed E-state index contributed by atoms with van der Waals surface area (Å²) < 4.78 is 19.4. The Kier molecular flexibility index (Phi) is 5.34. The summed E-state index contributed by atoms with van der Waals surface area (Å²) in [6, 6.07) is 8.53. The molecule has 1 amide bonds. The number of nitrogens with zero attached hydrogens (tertiary/aromatic N) is 2. The second kappa shape index (κ2) is 7.51. The van der Waals surface area contributed by atoms with Crippen LogP contribution in [0.5, 0.6) is 5.75 Å². The number of carbonyl (C=O) groups excluding carboxylic acids is 1. The molecule has 3 rings (SSSR count). The molecular formula is C19H20ClFN2O3. The van der Waals surface area contributed by atoms with Gasteiger partial charge in [-0.1, -0.05) is 11.6 Å². The number of hydrogen-bond acceptors (Lipinski definition) is 4. The van der Waals surface area contributed by atoms with Gasteiger partial charge in [-0.25, -0.2) is 9.18 Å². The molecule has 1 aliphatic heterocycles. The van der Waals surface area contributed by atoms with Crippen LogP contribution >= 0.6 is 11.6 Å². The number of amides is 1. The van der Waals surface area contributed by atoms with Crippen LogP contribution in [0.1, 0.15) is 12.8 Å². The van der Waals surface area contributed by atoms with E-state index in [2.05, 4.69) is 0 Å². The van der Waals surface area contributed by atoms with Gasteiger partial charge in [0.05, 0.1) is 5.69 Å². The molecule has 7 heteroatoms. The number of likely N-dealkylation sites (tertiary alicyclic amines) is 1. The van der Waals surface area contributed by atoms with Gasteiger partial charge in [-0.2, -0.15) is 0 Å². The lowest BCUT2D eigenvalue weighted by atomic mass is 10.0. The van der Waals surface area contributed by atoms with Crippen molar-refractivity contribution < 1.29 is 19.0 Å². The Morgan fingerprint density at radius 3 is 2.77 bits per heavy atom. The summed E-state index contributed by atoms with van der Waals surface area (Å²) in [4.78, 5) is 15.9. The third kappa shape index (κ3) is 3.92. The highest BCUT2D eigenvalue weighted by molar-refractivity contribution is 6.31. The summed E-state index contributed by atoms with van der Waals surface area (Å²) in [5, 5.41) is 10.1. The lowest BCUT2D eigenvalue weighted by Gasteiger charge is -2.25. The van der Waals surface area contributed by atoms with Crippen LogP contribution in [0.3, 0.4) is 0 Å². The van der Waals surface area contributed by atoms with Crippen LogP contribution in [0.15, 0.2) is 36.4 Å². The van der Waals surface area contributed by atoms with E-state index in [-0.39, 0.29) is 12.0 Å². The number of ether oxygens (including phenoxy) is 1. The van der Waals surface area contributed by atoms with Gasteiger partial charge in [-0.15, -0.1) is 0 Å². The molecule has 1 aliphatic rings. The maximum Gasteiger partial charge on any atom is 0.415 e. The van der Waals surface area contributed by atoms with Crippen molar-refractivity contribution in [2.75, 3.05) is 25.5 Å². The van der Waals surface area contributed by atoms with E-state index in [1.54, 1.807) is 13.1 Å². The van der Waals surface area contributed by atoms with Crippen LogP contribution < -0.4 is 4.90 Å². The van der Waals surface area contributed by atoms with E-state index >= 15 is 0 Å². The third-order valence-corrected chi connectivity index (χ3v) is 4.70. The first-order chi connectivity index (χ1) is 12.3. The summed E-state index contributed by atoms with van der Waals surface area (Å²) in [6.07, 6.45) is 0.975. The van der Waals surface area contributed by atoms with E-state index in [0.29, 0.717) is 21.8 Å². The highest BCUT2D eigenvalue weighted by Gasteiger charge is 2.27. The molecule has 1 atom stereocenters. The monoisotopic (exact) mass is 378 g/mol. The summed E-state index contributed by atoms with van der Waals surface area (Å²) in [6.45, 7) is 0.880. The smallest absolute Gasteiger partial charge is 0.415 e. The molecule has 5 nitrogen and oxygen atoms in total. The summed E-state index contributed by atoms with van der Waals surface area (Å²) in [7, 11) is 3.47. The second-order valence-electron chi connectivity index (χ2n) is 6.38. The summed E-state index contributed by atoms with van der Waals surface area (Å²) >= 11 is 6.00. The van der Waals surface area contributed by atoms with Gasteiger partial charge in [-0.05, 0) is 61.9 Å². The second-order valence-corrected chi connectivity index (χ2v) is 6.82. The van der Waals surface area contributed by atoms with Crippen molar-refractivity contribution in [3.63, 3.8) is 0 Å². The van der Waals surface area contributed by atoms with E-state index in [0.717, 1.165) is 19.4 Å². The summed E-state index contributed by atoms with van der Waals surface area (Å²) in [5.74, 6) is -0.499. The first kappa shape index (κ1) is 18.5. The summed E-state index contributed by atoms with van der Waals surface area (Å²) in [5.41, 5.74) is 1.39. The van der Waals surface area contributed by atoms with Crippen LogP contribution in [0.2, 0.25) is 5.02 Å². The zero-order valence-electron chi connectivity index (χ0n) is 14.6. The van der Waals surface area contributed by atoms with Gasteiger partial charge in [0.1, 0.15) is 11.6 Å². The number of phenolic OH excluding ortho intramolecular Hbond substituents is 1. The van der Waals surface area contributed by atoms with Crippen molar-refractivity contribution in [3.05, 3.63) is 47.2 Å². The Hall–Kier alpha value is -2.31. The number of rotatable bonds is 3. The maximum atomic E-state index is 13.8. The standard InChI is InChI=1S/C19H20ClFN2O3/c1-22-7-3-4-18(22)26-19(25)23(2)17-6-5-14(21)11-16(17)12-8-13(20)10-15(24)9-12/h5-6,8-11,18,24H,3-4,7H2,1-2H3/t18-/m0/s1. The van der Waals surface area contributed by atoms with E-state index in [1.807, 2.05) is 11.9 Å². The van der Waals surface area contributed by atoms with E-state index in [1.165, 1.54) is 35.2 Å². The predicted octanol–water partition coefficient (Wildman–Crippen LogP) is 4.48. The molecule has 138 valence electrons. The Morgan fingerprint density at radius 2 is 2.12 bits per heavy atom. The highest BCUT2D eigenvalue weighted by Crippen LogP contribution is 2.35. The van der Waals surface area contributed by atoms with Crippen LogP contribution in [0, 0.1) is 5.82 Å². The highest BCUT2D eigenvalue weighted by atomic mass is 35.5. The fraction of sp³-hybridized carbons (Fsp3) is 0.316. The number of benzene rings is 2. The van der Waals surface area contributed by atoms with Crippen molar-refractivity contribution in [2.24, 2.45) is 0 Å². The van der Waals surface area contributed by atoms with Gasteiger partial charge in [0, 0.05) is 24.2 Å². The number of halogens is 2. The van der Waals surface area contributed by atoms with Crippen molar-refractivity contribution in [1.82, 2.24) is 4.90 Å². The minimum Gasteiger partial charge on any atom is -0.508 e. The molecule has 0 aromatic heterocycles. The van der Waals surface area contributed by atoms with Gasteiger partial charge in [0.25, 0.3) is 0 Å². The number of hydrogen-bond donors (Lipinski definition) is 1. The van der Waals surface area contributed by atoms with Crippen LogP contribution in [0.4, 0.5) is 14.9 Å². The quantitative estimate of drug-likeness (QED) is 0.855. The molecule has 0 spiro atoms. The number of aromatic hydroxyl groups is 1. The first-order valence-corrected chi connectivity index (χ1v) is 8.67. The average molecular weight is 379 g/mol. The zero-order chi connectivity index (χ0) is 18.8. The molecule has 1 heterocycles. The topological polar surface area (TPSA) is 53.0 Å². The molecule has 0 saturated carbocycles. The van der Waals surface area contributed by atoms with Gasteiger partial charge >= 0.3 is 6.09 Å². The van der Waals surface area contributed by atoms with E-state index in [4.69, 9.17) is 16.3 Å². The van der Waals surface area contributed by atoms with Crippen LogP contribution in [-0.2, 0) is 4.74 Å². The van der Waals surface area contributed by atoms with Gasteiger partial charge in [0.2, 0.25) is 0 Å². The first-order valence-electron chi connectivity index (χ1n) is 8.29. The predicted molar refractivity (Wildman–Crippen MR) is 99.0 cm³/mol. The number of anilines is 1. The third-order valence-electron chi connectivity index (χ3n) is 4.48. The Morgan fingerprint density at radius 1 is 1.35 bits per heavy atom. The van der Waals surface area contributed by atoms with Gasteiger partial charge in [-0.3, -0.25) is 9.80 Å². The van der Waals surface area contributed by atoms with Crippen molar-refractivity contribution in [1.29, 1.82) is 0 Å².